The van der Waals surface area contributed by atoms with Crippen molar-refractivity contribution in [1.82, 2.24) is 0 Å². The van der Waals surface area contributed by atoms with Gasteiger partial charge in [0.2, 0.25) is 0 Å². The van der Waals surface area contributed by atoms with Crippen LogP contribution in [0.5, 0.6) is 0 Å². The van der Waals surface area contributed by atoms with Gasteiger partial charge in [0.05, 0.1) is 6.07 Å². The molecule has 1 atom stereocenters. The van der Waals surface area contributed by atoms with Crippen molar-refractivity contribution in [1.29, 1.82) is 5.26 Å². The molecule has 0 spiro atoms. The van der Waals surface area contributed by atoms with Crippen LogP contribution >= 0.6 is 0 Å². The minimum atomic E-state index is -0.248. The van der Waals surface area contributed by atoms with E-state index < -0.39 is 0 Å². The monoisotopic (exact) mass is 232 g/mol. The van der Waals surface area contributed by atoms with Gasteiger partial charge in [-0.25, -0.2) is 0 Å². The lowest BCUT2D eigenvalue weighted by Gasteiger charge is -2.32. The molecule has 3 rings (SSSR count). The largest absolute Gasteiger partial charge is 0.321 e. The third-order valence-corrected chi connectivity index (χ3v) is 3.10. The van der Waals surface area contributed by atoms with E-state index >= 15 is 0 Å². The molecule has 18 heavy (non-hydrogen) atoms. The SMILES string of the molecule is N#CC1C=Cc2ccccc2N1c1ccccc1. The van der Waals surface area contributed by atoms with Gasteiger partial charge in [-0.3, -0.25) is 0 Å². The van der Waals surface area contributed by atoms with Gasteiger partial charge in [-0.15, -0.1) is 0 Å². The third kappa shape index (κ3) is 1.66. The predicted molar refractivity (Wildman–Crippen MR) is 73.5 cm³/mol. The Morgan fingerprint density at radius 2 is 1.67 bits per heavy atom. The highest BCUT2D eigenvalue weighted by Gasteiger charge is 2.22. The first-order valence-electron chi connectivity index (χ1n) is 5.91. The van der Waals surface area contributed by atoms with Gasteiger partial charge in [0, 0.05) is 11.4 Å². The van der Waals surface area contributed by atoms with Gasteiger partial charge in [-0.1, -0.05) is 42.5 Å². The summed E-state index contributed by atoms with van der Waals surface area (Å²) < 4.78 is 0. The van der Waals surface area contributed by atoms with E-state index in [1.165, 1.54) is 0 Å². The zero-order chi connectivity index (χ0) is 12.4. The lowest BCUT2D eigenvalue weighted by atomic mass is 10.0. The molecule has 1 aliphatic rings. The Hall–Kier alpha value is -2.53. The Morgan fingerprint density at radius 3 is 2.44 bits per heavy atom. The molecule has 0 aliphatic carbocycles. The standard InChI is InChI=1S/C16H12N2/c17-12-15-11-10-13-6-4-5-9-16(13)18(15)14-7-2-1-3-8-14/h1-11,15H. The molecule has 1 heterocycles. The van der Waals surface area contributed by atoms with Crippen LogP contribution in [0.4, 0.5) is 11.4 Å². The van der Waals surface area contributed by atoms with E-state index in [0.29, 0.717) is 0 Å². The molecule has 2 nitrogen and oxygen atoms in total. The van der Waals surface area contributed by atoms with Crippen LogP contribution in [-0.4, -0.2) is 6.04 Å². The molecular weight excluding hydrogens is 220 g/mol. The molecule has 0 radical (unpaired) electrons. The number of para-hydroxylation sites is 2. The first-order valence-corrected chi connectivity index (χ1v) is 5.91. The van der Waals surface area contributed by atoms with Crippen LogP contribution in [0.25, 0.3) is 6.08 Å². The first-order chi connectivity index (χ1) is 8.90. The van der Waals surface area contributed by atoms with Crippen LogP contribution in [0.3, 0.4) is 0 Å². The van der Waals surface area contributed by atoms with Gasteiger partial charge in [-0.05, 0) is 29.8 Å². The van der Waals surface area contributed by atoms with E-state index in [-0.39, 0.29) is 6.04 Å². The van der Waals surface area contributed by atoms with Crippen LogP contribution in [-0.2, 0) is 0 Å². The molecule has 0 bridgehead atoms. The topological polar surface area (TPSA) is 27.0 Å². The highest BCUT2D eigenvalue weighted by Crippen LogP contribution is 2.34. The molecule has 0 amide bonds. The van der Waals surface area contributed by atoms with E-state index in [9.17, 15) is 5.26 Å². The normalized spacial score (nSPS) is 17.1. The van der Waals surface area contributed by atoms with E-state index in [1.54, 1.807) is 0 Å². The van der Waals surface area contributed by atoms with Gasteiger partial charge in [0.15, 0.2) is 0 Å². The van der Waals surface area contributed by atoms with Crippen LogP contribution in [0, 0.1) is 11.3 Å². The minimum absolute atomic E-state index is 0.248. The average molecular weight is 232 g/mol. The van der Waals surface area contributed by atoms with Crippen LogP contribution in [0.15, 0.2) is 60.7 Å². The number of hydrogen-bond acceptors (Lipinski definition) is 2. The number of benzene rings is 2. The fourth-order valence-corrected chi connectivity index (χ4v) is 2.27. The summed E-state index contributed by atoms with van der Waals surface area (Å²) >= 11 is 0. The average Bonchev–Trinajstić information content (AvgIpc) is 2.47. The number of anilines is 2. The summed E-state index contributed by atoms with van der Waals surface area (Å²) in [4.78, 5) is 2.06. The van der Waals surface area contributed by atoms with E-state index in [1.807, 2.05) is 54.6 Å². The van der Waals surface area contributed by atoms with E-state index in [0.717, 1.165) is 16.9 Å². The lowest BCUT2D eigenvalue weighted by Crippen LogP contribution is -2.30. The summed E-state index contributed by atoms with van der Waals surface area (Å²) in [5.74, 6) is 0. The van der Waals surface area contributed by atoms with Crippen molar-refractivity contribution in [3.8, 4) is 6.07 Å². The Morgan fingerprint density at radius 1 is 0.944 bits per heavy atom. The number of hydrogen-bond donors (Lipinski definition) is 0. The van der Waals surface area contributed by atoms with Gasteiger partial charge >= 0.3 is 0 Å². The summed E-state index contributed by atoms with van der Waals surface area (Å²) in [5, 5.41) is 9.31. The third-order valence-electron chi connectivity index (χ3n) is 3.10. The Bertz CT molecular complexity index is 623. The van der Waals surface area contributed by atoms with Crippen molar-refractivity contribution >= 4 is 17.5 Å². The fraction of sp³-hybridized carbons (Fsp3) is 0.0625. The second kappa shape index (κ2) is 4.38. The molecular formula is C16H12N2. The molecule has 86 valence electrons. The Kier molecular flexibility index (Phi) is 2.59. The number of nitrogens with zero attached hydrogens (tertiary/aromatic N) is 2. The maximum atomic E-state index is 9.31. The van der Waals surface area contributed by atoms with Crippen molar-refractivity contribution in [2.75, 3.05) is 4.90 Å². The minimum Gasteiger partial charge on any atom is -0.321 e. The highest BCUT2D eigenvalue weighted by molar-refractivity contribution is 5.79. The zero-order valence-electron chi connectivity index (χ0n) is 9.82. The predicted octanol–water partition coefficient (Wildman–Crippen LogP) is 3.74. The van der Waals surface area contributed by atoms with Gasteiger partial charge < -0.3 is 4.90 Å². The quantitative estimate of drug-likeness (QED) is 0.748. The molecule has 0 aromatic heterocycles. The molecule has 0 N–H and O–H groups in total. The number of rotatable bonds is 1. The van der Waals surface area contributed by atoms with Crippen molar-refractivity contribution in [2.24, 2.45) is 0 Å². The Balaban J connectivity index is 2.16. The van der Waals surface area contributed by atoms with Crippen LogP contribution in [0.1, 0.15) is 5.56 Å². The maximum absolute atomic E-state index is 9.31. The lowest BCUT2D eigenvalue weighted by molar-refractivity contribution is 0.945. The molecule has 0 saturated heterocycles. The smallest absolute Gasteiger partial charge is 0.140 e. The number of fused-ring (bicyclic) bond motifs is 1. The summed E-state index contributed by atoms with van der Waals surface area (Å²) in [5.41, 5.74) is 3.27. The van der Waals surface area contributed by atoms with Gasteiger partial charge in [0.25, 0.3) is 0 Å². The first kappa shape index (κ1) is 10.6. The fourth-order valence-electron chi connectivity index (χ4n) is 2.27. The molecule has 2 aromatic carbocycles. The van der Waals surface area contributed by atoms with E-state index in [2.05, 4.69) is 23.1 Å². The van der Waals surface area contributed by atoms with Crippen LogP contribution < -0.4 is 4.90 Å². The summed E-state index contributed by atoms with van der Waals surface area (Å²) in [6.45, 7) is 0. The summed E-state index contributed by atoms with van der Waals surface area (Å²) in [6.07, 6.45) is 3.96. The Labute approximate surface area is 106 Å². The maximum Gasteiger partial charge on any atom is 0.140 e. The van der Waals surface area contributed by atoms with E-state index in [4.69, 9.17) is 0 Å². The van der Waals surface area contributed by atoms with Crippen molar-refractivity contribution in [3.63, 3.8) is 0 Å². The van der Waals surface area contributed by atoms with Crippen molar-refractivity contribution in [3.05, 3.63) is 66.2 Å². The molecule has 1 unspecified atom stereocenters. The highest BCUT2D eigenvalue weighted by atomic mass is 15.2. The van der Waals surface area contributed by atoms with Gasteiger partial charge in [-0.2, -0.15) is 5.26 Å². The second-order valence-electron chi connectivity index (χ2n) is 4.20. The molecule has 2 aromatic rings. The molecule has 1 aliphatic heterocycles. The zero-order valence-corrected chi connectivity index (χ0v) is 9.82. The molecule has 2 heteroatoms. The molecule has 0 saturated carbocycles. The number of nitriles is 1. The van der Waals surface area contributed by atoms with Crippen LogP contribution in [0.2, 0.25) is 0 Å². The molecule has 0 fully saturated rings. The summed E-state index contributed by atoms with van der Waals surface area (Å²) in [7, 11) is 0. The summed E-state index contributed by atoms with van der Waals surface area (Å²) in [6, 6.07) is 20.2. The van der Waals surface area contributed by atoms with Crippen molar-refractivity contribution in [2.45, 2.75) is 6.04 Å². The van der Waals surface area contributed by atoms with Gasteiger partial charge in [0.1, 0.15) is 6.04 Å². The second-order valence-corrected chi connectivity index (χ2v) is 4.20. The van der Waals surface area contributed by atoms with Crippen molar-refractivity contribution < 1.29 is 0 Å².